The maximum absolute atomic E-state index is 13.4. The highest BCUT2D eigenvalue weighted by atomic mass is 32.1. The Bertz CT molecular complexity index is 985. The number of aliphatic hydroxyl groups is 1. The summed E-state index contributed by atoms with van der Waals surface area (Å²) < 4.78 is 1.73. The van der Waals surface area contributed by atoms with Gasteiger partial charge in [0.2, 0.25) is 11.8 Å². The molecule has 3 rings (SSSR count). The number of aromatic nitrogens is 1. The molecule has 0 spiro atoms. The third-order valence-corrected chi connectivity index (χ3v) is 5.11. The first kappa shape index (κ1) is 20.8. The van der Waals surface area contributed by atoms with Crippen LogP contribution in [0.5, 0.6) is 0 Å². The fraction of sp³-hybridized carbons (Fsp3) is 0.208. The summed E-state index contributed by atoms with van der Waals surface area (Å²) in [7, 11) is 0. The SMILES string of the molecule is CCc1ccc(C(=O)[C@@H](C([S-])=NCc2ccccc2)[n+]2cccc(CO)c2)cc1. The number of pyridine rings is 1. The number of carbonyl (C=O) groups is 1. The van der Waals surface area contributed by atoms with E-state index in [4.69, 9.17) is 12.6 Å². The van der Waals surface area contributed by atoms with Crippen LogP contribution in [0.4, 0.5) is 0 Å². The minimum atomic E-state index is -0.743. The zero-order valence-corrected chi connectivity index (χ0v) is 17.2. The van der Waals surface area contributed by atoms with Crippen LogP contribution in [0.2, 0.25) is 0 Å². The molecule has 3 aromatic rings. The molecule has 0 amide bonds. The van der Waals surface area contributed by atoms with Gasteiger partial charge >= 0.3 is 0 Å². The fourth-order valence-corrected chi connectivity index (χ4v) is 3.37. The molecule has 0 saturated carbocycles. The average molecular weight is 405 g/mol. The molecule has 0 fully saturated rings. The van der Waals surface area contributed by atoms with Crippen LogP contribution in [0, 0.1) is 0 Å². The summed E-state index contributed by atoms with van der Waals surface area (Å²) in [5, 5.41) is 9.81. The molecule has 1 aromatic heterocycles. The molecule has 148 valence electrons. The van der Waals surface area contributed by atoms with Crippen LogP contribution < -0.4 is 4.57 Å². The number of benzene rings is 2. The quantitative estimate of drug-likeness (QED) is 0.205. The predicted molar refractivity (Wildman–Crippen MR) is 117 cm³/mol. The van der Waals surface area contributed by atoms with E-state index >= 15 is 0 Å². The van der Waals surface area contributed by atoms with Gasteiger partial charge in [-0.25, -0.2) is 0 Å². The first-order chi connectivity index (χ1) is 14.1. The second kappa shape index (κ2) is 10.0. The zero-order chi connectivity index (χ0) is 20.6. The topological polar surface area (TPSA) is 53.5 Å². The number of carbonyl (C=O) groups excluding carboxylic acids is 1. The monoisotopic (exact) mass is 404 g/mol. The van der Waals surface area contributed by atoms with Crippen molar-refractivity contribution in [3.63, 3.8) is 0 Å². The van der Waals surface area contributed by atoms with E-state index in [0.717, 1.165) is 12.0 Å². The van der Waals surface area contributed by atoms with Gasteiger partial charge in [-0.2, -0.15) is 4.57 Å². The molecule has 0 aliphatic carbocycles. The standard InChI is InChI=1S/C24H24N2O2S/c1-2-18-10-12-21(13-11-18)23(28)22(26-14-6-9-20(16-26)17-27)24(29)25-15-19-7-4-3-5-8-19/h3-14,16,22,27H,2,15,17H2,1H3/t22-/m0/s1. The van der Waals surface area contributed by atoms with Gasteiger partial charge in [0.05, 0.1) is 13.2 Å². The van der Waals surface area contributed by atoms with Crippen LogP contribution in [-0.2, 0) is 32.2 Å². The molecule has 1 heterocycles. The molecule has 5 heteroatoms. The van der Waals surface area contributed by atoms with Crippen LogP contribution in [-0.4, -0.2) is 15.9 Å². The first-order valence-corrected chi connectivity index (χ1v) is 10.0. The van der Waals surface area contributed by atoms with Crippen molar-refractivity contribution in [1.29, 1.82) is 0 Å². The lowest BCUT2D eigenvalue weighted by Gasteiger charge is -2.19. The van der Waals surface area contributed by atoms with Gasteiger partial charge in [0, 0.05) is 17.2 Å². The third kappa shape index (κ3) is 5.34. The van der Waals surface area contributed by atoms with Crippen molar-refractivity contribution in [3.05, 3.63) is 101 Å². The largest absolute Gasteiger partial charge is 0.758 e. The Morgan fingerprint density at radius 1 is 1.00 bits per heavy atom. The van der Waals surface area contributed by atoms with Crippen LogP contribution >= 0.6 is 0 Å². The van der Waals surface area contributed by atoms with E-state index in [1.165, 1.54) is 5.56 Å². The number of ketones is 1. The summed E-state index contributed by atoms with van der Waals surface area (Å²) in [6.07, 6.45) is 4.44. The molecule has 0 aliphatic rings. The Balaban J connectivity index is 1.96. The lowest BCUT2D eigenvalue weighted by atomic mass is 10.0. The van der Waals surface area contributed by atoms with Crippen molar-refractivity contribution in [2.75, 3.05) is 0 Å². The molecule has 0 saturated heterocycles. The van der Waals surface area contributed by atoms with Crippen molar-refractivity contribution in [3.8, 4) is 0 Å². The van der Waals surface area contributed by atoms with Crippen molar-refractivity contribution >= 4 is 23.5 Å². The average Bonchev–Trinajstić information content (AvgIpc) is 2.78. The molecule has 4 nitrogen and oxygen atoms in total. The van der Waals surface area contributed by atoms with E-state index in [1.54, 1.807) is 29.1 Å². The van der Waals surface area contributed by atoms with E-state index in [2.05, 4.69) is 11.9 Å². The van der Waals surface area contributed by atoms with Gasteiger partial charge in [0.15, 0.2) is 12.4 Å². The summed E-state index contributed by atoms with van der Waals surface area (Å²) in [5.41, 5.74) is 3.50. The summed E-state index contributed by atoms with van der Waals surface area (Å²) >= 11 is 5.59. The summed E-state index contributed by atoms with van der Waals surface area (Å²) in [5.74, 6) is -0.116. The van der Waals surface area contributed by atoms with Gasteiger partial charge in [-0.1, -0.05) is 61.5 Å². The molecule has 0 radical (unpaired) electrons. The van der Waals surface area contributed by atoms with E-state index < -0.39 is 6.04 Å². The van der Waals surface area contributed by atoms with Crippen molar-refractivity contribution in [2.45, 2.75) is 32.5 Å². The highest BCUT2D eigenvalue weighted by molar-refractivity contribution is 7.77. The first-order valence-electron chi connectivity index (χ1n) is 9.61. The highest BCUT2D eigenvalue weighted by Crippen LogP contribution is 2.14. The Morgan fingerprint density at radius 3 is 2.34 bits per heavy atom. The summed E-state index contributed by atoms with van der Waals surface area (Å²) in [6.45, 7) is 2.38. The van der Waals surface area contributed by atoms with Gasteiger partial charge in [-0.3, -0.25) is 4.79 Å². The number of aryl methyl sites for hydroxylation is 1. The molecule has 2 aromatic carbocycles. The number of nitrogens with zero attached hydrogens (tertiary/aromatic N) is 2. The normalized spacial score (nSPS) is 12.6. The van der Waals surface area contributed by atoms with Gasteiger partial charge in [0.25, 0.3) is 0 Å². The van der Waals surface area contributed by atoms with Crippen molar-refractivity contribution in [1.82, 2.24) is 0 Å². The second-order valence-electron chi connectivity index (χ2n) is 6.77. The van der Waals surface area contributed by atoms with Crippen LogP contribution in [0.3, 0.4) is 0 Å². The molecular weight excluding hydrogens is 380 g/mol. The lowest BCUT2D eigenvalue weighted by molar-refractivity contribution is -0.692. The molecule has 1 atom stereocenters. The number of hydrogen-bond donors (Lipinski definition) is 1. The van der Waals surface area contributed by atoms with E-state index in [9.17, 15) is 9.90 Å². The maximum Gasteiger partial charge on any atom is 0.237 e. The minimum Gasteiger partial charge on any atom is -0.758 e. The number of Topliss-reactive ketones (excluding diaryl/α,β-unsaturated/α-hetero) is 1. The highest BCUT2D eigenvalue weighted by Gasteiger charge is 2.28. The maximum atomic E-state index is 13.4. The summed E-state index contributed by atoms with van der Waals surface area (Å²) in [6, 6.07) is 20.3. The van der Waals surface area contributed by atoms with Crippen molar-refractivity contribution < 1.29 is 14.5 Å². The third-order valence-electron chi connectivity index (χ3n) is 4.75. The number of hydrogen-bond acceptors (Lipinski definition) is 4. The van der Waals surface area contributed by atoms with Gasteiger partial charge in [-0.15, -0.1) is 0 Å². The van der Waals surface area contributed by atoms with E-state index in [0.29, 0.717) is 22.7 Å². The van der Waals surface area contributed by atoms with Crippen molar-refractivity contribution in [2.24, 2.45) is 4.99 Å². The Morgan fingerprint density at radius 2 is 1.69 bits per heavy atom. The minimum absolute atomic E-state index is 0.110. The smallest absolute Gasteiger partial charge is 0.237 e. The van der Waals surface area contributed by atoms with Crippen LogP contribution in [0.15, 0.2) is 84.1 Å². The Kier molecular flexibility index (Phi) is 7.22. The molecule has 0 unspecified atom stereocenters. The zero-order valence-electron chi connectivity index (χ0n) is 16.4. The molecule has 0 aliphatic heterocycles. The number of aliphatic imine (C=N–C) groups is 1. The Hall–Kier alpha value is -2.89. The number of aliphatic hydroxyl groups excluding tert-OH is 1. The van der Waals surface area contributed by atoms with Crippen LogP contribution in [0.1, 0.15) is 40.0 Å². The number of rotatable bonds is 8. The van der Waals surface area contributed by atoms with E-state index in [1.807, 2.05) is 54.6 Å². The summed E-state index contributed by atoms with van der Waals surface area (Å²) in [4.78, 5) is 17.9. The Labute approximate surface area is 177 Å². The van der Waals surface area contributed by atoms with E-state index in [-0.39, 0.29) is 12.4 Å². The van der Waals surface area contributed by atoms with Gasteiger partial charge in [0.1, 0.15) is 0 Å². The second-order valence-corrected chi connectivity index (χ2v) is 7.19. The molecular formula is C24H24N2O2S. The molecule has 0 bridgehead atoms. The molecule has 29 heavy (non-hydrogen) atoms. The van der Waals surface area contributed by atoms with Crippen LogP contribution in [0.25, 0.3) is 0 Å². The predicted octanol–water partition coefficient (Wildman–Crippen LogP) is 3.60. The van der Waals surface area contributed by atoms with Gasteiger partial charge in [-0.05, 0) is 28.7 Å². The fourth-order valence-electron chi connectivity index (χ4n) is 3.07. The van der Waals surface area contributed by atoms with Gasteiger partial charge < -0.3 is 22.7 Å². The molecule has 1 N–H and O–H groups in total. The lowest BCUT2D eigenvalue weighted by Crippen LogP contribution is -2.48.